The molecule has 0 bridgehead atoms. The molecule has 0 unspecified atom stereocenters. The Balaban J connectivity index is 1.52. The summed E-state index contributed by atoms with van der Waals surface area (Å²) in [6.07, 6.45) is 0.957. The van der Waals surface area contributed by atoms with Gasteiger partial charge in [-0.3, -0.25) is 4.79 Å². The maximum atomic E-state index is 13.0. The van der Waals surface area contributed by atoms with Crippen LogP contribution in [0, 0.1) is 0 Å². The number of benzene rings is 2. The van der Waals surface area contributed by atoms with E-state index in [0.29, 0.717) is 48.5 Å². The van der Waals surface area contributed by atoms with Crippen LogP contribution < -0.4 is 20.3 Å². The molecule has 1 aromatic heterocycles. The fourth-order valence-corrected chi connectivity index (χ4v) is 4.50. The zero-order valence-electron chi connectivity index (χ0n) is 20.5. The van der Waals surface area contributed by atoms with Crippen LogP contribution in [0.3, 0.4) is 0 Å². The molecule has 3 aromatic rings. The number of nitrogens with one attached hydrogen (secondary N) is 2. The Morgan fingerprint density at radius 1 is 1.03 bits per heavy atom. The molecule has 0 radical (unpaired) electrons. The quantitative estimate of drug-likeness (QED) is 0.414. The first-order valence-corrected chi connectivity index (χ1v) is 12.7. The summed E-state index contributed by atoms with van der Waals surface area (Å²) >= 11 is 5.78. The van der Waals surface area contributed by atoms with E-state index < -0.39 is 0 Å². The number of aromatic amines is 1. The highest BCUT2D eigenvalue weighted by atomic mass is 32.1. The van der Waals surface area contributed by atoms with Crippen LogP contribution in [0.2, 0.25) is 0 Å². The second-order valence-corrected chi connectivity index (χ2v) is 9.04. The Hall–Kier alpha value is -3.10. The lowest BCUT2D eigenvalue weighted by atomic mass is 10.1. The van der Waals surface area contributed by atoms with E-state index in [1.54, 1.807) is 0 Å². The average molecular weight is 495 g/mol. The van der Waals surface area contributed by atoms with Gasteiger partial charge in [-0.1, -0.05) is 44.2 Å². The molecule has 1 aliphatic heterocycles. The minimum atomic E-state index is -0.117. The van der Waals surface area contributed by atoms with Gasteiger partial charge in [-0.15, -0.1) is 0 Å². The number of H-pyrrole nitrogens is 1. The molecule has 0 saturated heterocycles. The van der Waals surface area contributed by atoms with Crippen molar-refractivity contribution < 1.29 is 9.47 Å². The van der Waals surface area contributed by atoms with E-state index in [1.165, 1.54) is 0 Å². The molecular weight excluding hydrogens is 460 g/mol. The molecule has 0 aliphatic carbocycles. The van der Waals surface area contributed by atoms with Gasteiger partial charge >= 0.3 is 0 Å². The molecule has 0 spiro atoms. The van der Waals surface area contributed by atoms with Gasteiger partial charge < -0.3 is 29.6 Å². The van der Waals surface area contributed by atoms with Crippen LogP contribution in [0.1, 0.15) is 31.4 Å². The molecule has 35 heavy (non-hydrogen) atoms. The normalized spacial score (nSPS) is 12.7. The molecule has 0 saturated carbocycles. The Morgan fingerprint density at radius 3 is 2.46 bits per heavy atom. The number of rotatable bonds is 10. The predicted molar refractivity (Wildman–Crippen MR) is 144 cm³/mol. The first-order chi connectivity index (χ1) is 17.1. The fraction of sp³-hybridized carbons (Fsp3) is 0.407. The smallest absolute Gasteiger partial charge is 0.253 e. The molecule has 0 fully saturated rings. The van der Waals surface area contributed by atoms with Crippen molar-refractivity contribution in [2.75, 3.05) is 39.4 Å². The number of aromatic nitrogens is 1. The molecule has 1 aliphatic rings. The molecule has 4 rings (SSSR count). The molecular formula is C27H34N4O3S. The SMILES string of the molecule is CCN(CC)CCCN(Cc1cc2cc3c(cc2[nH]c1=O)OCCO3)C(=S)NCc1ccccc1. The summed E-state index contributed by atoms with van der Waals surface area (Å²) in [6.45, 7) is 10.2. The van der Waals surface area contributed by atoms with E-state index in [9.17, 15) is 4.79 Å². The fourth-order valence-electron chi connectivity index (χ4n) is 4.27. The second kappa shape index (κ2) is 12.0. The third-order valence-corrected chi connectivity index (χ3v) is 6.72. The van der Waals surface area contributed by atoms with Crippen LogP contribution in [0.15, 0.2) is 53.3 Å². The van der Waals surface area contributed by atoms with Crippen molar-refractivity contribution in [3.05, 3.63) is 70.0 Å². The highest BCUT2D eigenvalue weighted by Gasteiger charge is 2.17. The maximum absolute atomic E-state index is 13.0. The number of hydrogen-bond acceptors (Lipinski definition) is 5. The lowest BCUT2D eigenvalue weighted by Crippen LogP contribution is -2.41. The Kier molecular flexibility index (Phi) is 8.60. The van der Waals surface area contributed by atoms with Crippen LogP contribution in [0.5, 0.6) is 11.5 Å². The predicted octanol–water partition coefficient (Wildman–Crippen LogP) is 3.91. The summed E-state index contributed by atoms with van der Waals surface area (Å²) in [5, 5.41) is 4.94. The summed E-state index contributed by atoms with van der Waals surface area (Å²) in [4.78, 5) is 20.5. The van der Waals surface area contributed by atoms with Gasteiger partial charge in [0.05, 0.1) is 12.1 Å². The van der Waals surface area contributed by atoms with Crippen molar-refractivity contribution in [1.29, 1.82) is 0 Å². The Bertz CT molecular complexity index is 1190. The molecule has 186 valence electrons. The number of pyridine rings is 1. The molecule has 0 atom stereocenters. The van der Waals surface area contributed by atoms with Gasteiger partial charge in [0.1, 0.15) is 13.2 Å². The standard InChI is InChI=1S/C27H34N4O3S/c1-3-30(4-2)11-8-12-31(27(35)28-18-20-9-6-5-7-10-20)19-22-15-21-16-24-25(34-14-13-33-24)17-23(21)29-26(22)32/h5-7,9-10,15-17H,3-4,8,11-14,18-19H2,1-2H3,(H,28,35)(H,29,32). The summed E-state index contributed by atoms with van der Waals surface area (Å²) in [7, 11) is 0. The van der Waals surface area contributed by atoms with Gasteiger partial charge in [0.2, 0.25) is 0 Å². The minimum absolute atomic E-state index is 0.117. The van der Waals surface area contributed by atoms with E-state index in [4.69, 9.17) is 21.7 Å². The van der Waals surface area contributed by atoms with Crippen molar-refractivity contribution in [1.82, 2.24) is 20.1 Å². The molecule has 0 amide bonds. The van der Waals surface area contributed by atoms with Gasteiger partial charge in [0.25, 0.3) is 5.56 Å². The number of thiocarbonyl (C=S) groups is 1. The molecule has 2 N–H and O–H groups in total. The van der Waals surface area contributed by atoms with Crippen molar-refractivity contribution in [2.45, 2.75) is 33.4 Å². The molecule has 7 nitrogen and oxygen atoms in total. The first-order valence-electron chi connectivity index (χ1n) is 12.3. The Labute approximate surface area is 212 Å². The van der Waals surface area contributed by atoms with E-state index in [2.05, 4.69) is 46.1 Å². The van der Waals surface area contributed by atoms with Gasteiger partial charge in [-0.2, -0.15) is 0 Å². The lowest BCUT2D eigenvalue weighted by molar-refractivity contribution is 0.172. The summed E-state index contributed by atoms with van der Waals surface area (Å²) in [5.41, 5.74) is 2.45. The number of fused-ring (bicyclic) bond motifs is 2. The van der Waals surface area contributed by atoms with Crippen LogP contribution in [-0.4, -0.2) is 59.3 Å². The average Bonchev–Trinajstić information content (AvgIpc) is 2.89. The largest absolute Gasteiger partial charge is 0.486 e. The van der Waals surface area contributed by atoms with Crippen molar-refractivity contribution >= 4 is 28.2 Å². The third kappa shape index (κ3) is 6.52. The summed E-state index contributed by atoms with van der Waals surface area (Å²) < 4.78 is 11.4. The van der Waals surface area contributed by atoms with Gasteiger partial charge in [-0.05, 0) is 56.0 Å². The Morgan fingerprint density at radius 2 is 1.74 bits per heavy atom. The summed E-state index contributed by atoms with van der Waals surface area (Å²) in [6, 6.07) is 15.9. The zero-order chi connectivity index (χ0) is 24.6. The number of ether oxygens (including phenoxy) is 2. The van der Waals surface area contributed by atoms with Crippen molar-refractivity contribution in [2.24, 2.45) is 0 Å². The van der Waals surface area contributed by atoms with E-state index in [1.807, 2.05) is 36.4 Å². The number of hydrogen-bond donors (Lipinski definition) is 2. The van der Waals surface area contributed by atoms with Gasteiger partial charge in [0.15, 0.2) is 16.6 Å². The third-order valence-electron chi connectivity index (χ3n) is 6.32. The van der Waals surface area contributed by atoms with Crippen molar-refractivity contribution in [3.63, 3.8) is 0 Å². The molecule has 2 heterocycles. The topological polar surface area (TPSA) is 69.8 Å². The zero-order valence-corrected chi connectivity index (χ0v) is 21.3. The van der Waals surface area contributed by atoms with Crippen LogP contribution in [0.4, 0.5) is 0 Å². The van der Waals surface area contributed by atoms with Crippen LogP contribution in [0.25, 0.3) is 10.9 Å². The van der Waals surface area contributed by atoms with E-state index in [-0.39, 0.29) is 5.56 Å². The number of nitrogens with zero attached hydrogens (tertiary/aromatic N) is 2. The summed E-state index contributed by atoms with van der Waals surface area (Å²) in [5.74, 6) is 1.37. The molecule has 8 heteroatoms. The second-order valence-electron chi connectivity index (χ2n) is 8.65. The van der Waals surface area contributed by atoms with Crippen molar-refractivity contribution in [3.8, 4) is 11.5 Å². The highest BCUT2D eigenvalue weighted by Crippen LogP contribution is 2.33. The van der Waals surface area contributed by atoms with Crippen LogP contribution in [-0.2, 0) is 13.1 Å². The van der Waals surface area contributed by atoms with Gasteiger partial charge in [0, 0.05) is 30.1 Å². The van der Waals surface area contributed by atoms with Gasteiger partial charge in [-0.25, -0.2) is 0 Å². The lowest BCUT2D eigenvalue weighted by Gasteiger charge is -2.27. The highest BCUT2D eigenvalue weighted by molar-refractivity contribution is 7.80. The van der Waals surface area contributed by atoms with E-state index in [0.717, 1.165) is 49.1 Å². The van der Waals surface area contributed by atoms with Crippen LogP contribution >= 0.6 is 12.2 Å². The minimum Gasteiger partial charge on any atom is -0.486 e. The monoisotopic (exact) mass is 494 g/mol. The van der Waals surface area contributed by atoms with E-state index >= 15 is 0 Å². The first kappa shape index (κ1) is 25.0. The molecule has 2 aromatic carbocycles. The maximum Gasteiger partial charge on any atom is 0.253 e.